The number of carbonyl (C=O) groups is 2. The van der Waals surface area contributed by atoms with Crippen molar-refractivity contribution in [3.05, 3.63) is 32.7 Å². The average Bonchev–Trinajstić information content (AvgIpc) is 2.15. The Morgan fingerprint density at radius 1 is 1.24 bits per heavy atom. The molecule has 2 N–H and O–H groups in total. The van der Waals surface area contributed by atoms with Gasteiger partial charge in [0.25, 0.3) is 0 Å². The Morgan fingerprint density at radius 2 is 1.76 bits per heavy atom. The fraction of sp³-hybridized carbons (Fsp3) is 0.364. The molecule has 0 fully saturated rings. The average molecular weight is 239 g/mol. The third-order valence-corrected chi connectivity index (χ3v) is 2.27. The second kappa shape index (κ2) is 4.82. The van der Waals surface area contributed by atoms with Gasteiger partial charge in [0.15, 0.2) is 0 Å². The van der Waals surface area contributed by atoms with Crippen molar-refractivity contribution < 1.29 is 19.4 Å². The molecule has 17 heavy (non-hydrogen) atoms. The summed E-state index contributed by atoms with van der Waals surface area (Å²) in [6.07, 6.45) is 0. The van der Waals surface area contributed by atoms with Crippen LogP contribution in [-0.4, -0.2) is 28.6 Å². The molecule has 6 nitrogen and oxygen atoms in total. The van der Waals surface area contributed by atoms with Crippen LogP contribution in [0.3, 0.4) is 0 Å². The standard InChI is InChI=1S/C11H13NO5/c1-4-17-11(16)8-6(3)12-5(2)7(9(8)13)10(14)15/h4H2,1-3H3,(H,12,13)(H,14,15). The number of carboxylic acids is 1. The second-order valence-electron chi connectivity index (χ2n) is 3.48. The summed E-state index contributed by atoms with van der Waals surface area (Å²) in [5.74, 6) is -2.18. The minimum Gasteiger partial charge on any atom is -0.477 e. The number of esters is 1. The molecule has 92 valence electrons. The first kappa shape index (κ1) is 13.0. The lowest BCUT2D eigenvalue weighted by molar-refractivity contribution is 0.0523. The molecule has 1 aromatic rings. The fourth-order valence-electron chi connectivity index (χ4n) is 1.58. The van der Waals surface area contributed by atoms with Crippen molar-refractivity contribution in [2.75, 3.05) is 6.61 Å². The second-order valence-corrected chi connectivity index (χ2v) is 3.48. The zero-order valence-corrected chi connectivity index (χ0v) is 9.79. The van der Waals surface area contributed by atoms with Crippen LogP contribution in [0.1, 0.15) is 39.0 Å². The van der Waals surface area contributed by atoms with Gasteiger partial charge in [0.05, 0.1) is 6.61 Å². The number of hydrogen-bond donors (Lipinski definition) is 2. The number of aromatic nitrogens is 1. The van der Waals surface area contributed by atoms with E-state index in [1.54, 1.807) is 6.92 Å². The topological polar surface area (TPSA) is 96.5 Å². The maximum absolute atomic E-state index is 11.9. The lowest BCUT2D eigenvalue weighted by atomic mass is 10.1. The van der Waals surface area contributed by atoms with Gasteiger partial charge in [-0.15, -0.1) is 0 Å². The molecule has 0 aliphatic heterocycles. The van der Waals surface area contributed by atoms with E-state index in [0.29, 0.717) is 5.69 Å². The molecule has 1 heterocycles. The Kier molecular flexibility index (Phi) is 3.67. The van der Waals surface area contributed by atoms with Crippen molar-refractivity contribution in [1.82, 2.24) is 4.98 Å². The SMILES string of the molecule is CCOC(=O)c1c(C)[nH]c(C)c(C(=O)O)c1=O. The molecule has 0 radical (unpaired) electrons. The molecule has 0 aliphatic rings. The van der Waals surface area contributed by atoms with Gasteiger partial charge in [0, 0.05) is 11.4 Å². The molecule has 0 bridgehead atoms. The lowest BCUT2D eigenvalue weighted by Crippen LogP contribution is -2.27. The van der Waals surface area contributed by atoms with E-state index >= 15 is 0 Å². The normalized spacial score (nSPS) is 10.1. The third kappa shape index (κ3) is 2.35. The van der Waals surface area contributed by atoms with Crippen LogP contribution in [0.5, 0.6) is 0 Å². The predicted molar refractivity (Wildman–Crippen MR) is 59.5 cm³/mol. The zero-order valence-electron chi connectivity index (χ0n) is 9.79. The first-order valence-electron chi connectivity index (χ1n) is 5.04. The van der Waals surface area contributed by atoms with Crippen molar-refractivity contribution in [2.24, 2.45) is 0 Å². The third-order valence-electron chi connectivity index (χ3n) is 2.27. The highest BCUT2D eigenvalue weighted by atomic mass is 16.5. The van der Waals surface area contributed by atoms with Crippen LogP contribution < -0.4 is 5.43 Å². The Morgan fingerprint density at radius 3 is 2.24 bits per heavy atom. The van der Waals surface area contributed by atoms with E-state index in [1.807, 2.05) is 0 Å². The van der Waals surface area contributed by atoms with Gasteiger partial charge in [0.1, 0.15) is 11.1 Å². The molecule has 0 spiro atoms. The molecular weight excluding hydrogens is 226 g/mol. The Hall–Kier alpha value is -2.11. The van der Waals surface area contributed by atoms with Gasteiger partial charge in [-0.3, -0.25) is 4.79 Å². The Bertz CT molecular complexity index is 529. The summed E-state index contributed by atoms with van der Waals surface area (Å²) in [5, 5.41) is 8.90. The van der Waals surface area contributed by atoms with Gasteiger partial charge in [-0.25, -0.2) is 9.59 Å². The minimum atomic E-state index is -1.37. The molecule has 6 heteroatoms. The van der Waals surface area contributed by atoms with E-state index < -0.39 is 22.9 Å². The number of aromatic amines is 1. The van der Waals surface area contributed by atoms with Gasteiger partial charge in [-0.2, -0.15) is 0 Å². The van der Waals surface area contributed by atoms with Gasteiger partial charge >= 0.3 is 11.9 Å². The molecule has 0 saturated heterocycles. The largest absolute Gasteiger partial charge is 0.477 e. The first-order chi connectivity index (χ1) is 7.90. The highest BCUT2D eigenvalue weighted by Gasteiger charge is 2.23. The molecule has 0 aliphatic carbocycles. The highest BCUT2D eigenvalue weighted by Crippen LogP contribution is 2.07. The number of aryl methyl sites for hydroxylation is 2. The lowest BCUT2D eigenvalue weighted by Gasteiger charge is -2.08. The summed E-state index contributed by atoms with van der Waals surface area (Å²) in [7, 11) is 0. The number of ether oxygens (including phenoxy) is 1. The maximum atomic E-state index is 11.9. The Balaban J connectivity index is 3.52. The van der Waals surface area contributed by atoms with E-state index in [0.717, 1.165) is 0 Å². The van der Waals surface area contributed by atoms with Crippen molar-refractivity contribution in [3.63, 3.8) is 0 Å². The molecular formula is C11H13NO5. The summed E-state index contributed by atoms with van der Waals surface area (Å²) in [6, 6.07) is 0. The van der Waals surface area contributed by atoms with Gasteiger partial charge in [-0.05, 0) is 20.8 Å². The van der Waals surface area contributed by atoms with Crippen LogP contribution in [0.2, 0.25) is 0 Å². The summed E-state index contributed by atoms with van der Waals surface area (Å²) < 4.78 is 4.71. The number of carbonyl (C=O) groups excluding carboxylic acids is 1. The number of pyridine rings is 1. The van der Waals surface area contributed by atoms with E-state index in [1.165, 1.54) is 13.8 Å². The summed E-state index contributed by atoms with van der Waals surface area (Å²) in [5.41, 5.74) is -0.984. The van der Waals surface area contributed by atoms with Gasteiger partial charge in [-0.1, -0.05) is 0 Å². The molecule has 0 aromatic carbocycles. The number of rotatable bonds is 3. The first-order valence-corrected chi connectivity index (χ1v) is 5.04. The number of hydrogen-bond acceptors (Lipinski definition) is 4. The van der Waals surface area contributed by atoms with Crippen LogP contribution in [0.25, 0.3) is 0 Å². The fourth-order valence-corrected chi connectivity index (χ4v) is 1.58. The van der Waals surface area contributed by atoms with Crippen molar-refractivity contribution >= 4 is 11.9 Å². The molecule has 0 amide bonds. The quantitative estimate of drug-likeness (QED) is 0.763. The number of aromatic carboxylic acids is 1. The monoisotopic (exact) mass is 239 g/mol. The van der Waals surface area contributed by atoms with E-state index in [4.69, 9.17) is 9.84 Å². The van der Waals surface area contributed by atoms with Crippen LogP contribution in [0.4, 0.5) is 0 Å². The van der Waals surface area contributed by atoms with Crippen molar-refractivity contribution in [3.8, 4) is 0 Å². The number of nitrogens with one attached hydrogen (secondary N) is 1. The van der Waals surface area contributed by atoms with Gasteiger partial charge in [0.2, 0.25) is 5.43 Å². The molecule has 0 unspecified atom stereocenters. The van der Waals surface area contributed by atoms with Crippen LogP contribution in [-0.2, 0) is 4.74 Å². The van der Waals surface area contributed by atoms with E-state index in [2.05, 4.69) is 4.98 Å². The molecule has 0 atom stereocenters. The van der Waals surface area contributed by atoms with Crippen LogP contribution in [0, 0.1) is 13.8 Å². The van der Waals surface area contributed by atoms with E-state index in [-0.39, 0.29) is 17.9 Å². The predicted octanol–water partition coefficient (Wildman–Crippen LogP) is 0.867. The molecule has 0 saturated carbocycles. The van der Waals surface area contributed by atoms with Gasteiger partial charge < -0.3 is 14.8 Å². The summed E-state index contributed by atoms with van der Waals surface area (Å²) in [6.45, 7) is 4.71. The molecule has 1 rings (SSSR count). The van der Waals surface area contributed by atoms with Crippen LogP contribution >= 0.6 is 0 Å². The summed E-state index contributed by atoms with van der Waals surface area (Å²) >= 11 is 0. The summed E-state index contributed by atoms with van der Waals surface area (Å²) in [4.78, 5) is 37.0. The smallest absolute Gasteiger partial charge is 0.343 e. The minimum absolute atomic E-state index is 0.119. The Labute approximate surface area is 97.2 Å². The number of H-pyrrole nitrogens is 1. The van der Waals surface area contributed by atoms with Crippen molar-refractivity contribution in [2.45, 2.75) is 20.8 Å². The number of carboxylic acid groups (broad SMARTS) is 1. The van der Waals surface area contributed by atoms with Crippen LogP contribution in [0.15, 0.2) is 4.79 Å². The zero-order chi connectivity index (χ0) is 13.2. The maximum Gasteiger partial charge on any atom is 0.343 e. The molecule has 1 aromatic heterocycles. The van der Waals surface area contributed by atoms with E-state index in [9.17, 15) is 14.4 Å². The van der Waals surface area contributed by atoms with Crippen molar-refractivity contribution in [1.29, 1.82) is 0 Å². The highest BCUT2D eigenvalue weighted by molar-refractivity contribution is 5.95.